The molecule has 1 amide bonds. The zero-order chi connectivity index (χ0) is 25.1. The number of anilines is 2. The van der Waals surface area contributed by atoms with Crippen molar-refractivity contribution in [3.05, 3.63) is 54.2 Å². The average Bonchev–Trinajstić information content (AvgIpc) is 3.58. The monoisotopic (exact) mass is 487 g/mol. The predicted octanol–water partition coefficient (Wildman–Crippen LogP) is 5.07. The Kier molecular flexibility index (Phi) is 6.62. The van der Waals surface area contributed by atoms with Crippen molar-refractivity contribution in [3.8, 4) is 28.5 Å². The smallest absolute Gasteiger partial charge is 0.251 e. The van der Waals surface area contributed by atoms with Gasteiger partial charge in [-0.1, -0.05) is 12.1 Å². The van der Waals surface area contributed by atoms with Crippen LogP contribution in [0.1, 0.15) is 36.0 Å². The number of carbonyl (C=O) groups is 1. The second kappa shape index (κ2) is 10.2. The van der Waals surface area contributed by atoms with Crippen molar-refractivity contribution < 1.29 is 19.0 Å². The zero-order valence-electron chi connectivity index (χ0n) is 20.6. The number of methoxy groups -OCH3 is 2. The number of ether oxygens (including phenoxy) is 3. The first kappa shape index (κ1) is 23.5. The number of hydrogen-bond acceptors (Lipinski definition) is 7. The maximum absolute atomic E-state index is 12.0. The molecule has 0 atom stereocenters. The molecular formula is C27H29N5O4. The van der Waals surface area contributed by atoms with Gasteiger partial charge in [-0.3, -0.25) is 4.79 Å². The second-order valence-corrected chi connectivity index (χ2v) is 8.65. The first-order valence-corrected chi connectivity index (χ1v) is 12.0. The first-order valence-electron chi connectivity index (χ1n) is 12.0. The van der Waals surface area contributed by atoms with Crippen LogP contribution >= 0.6 is 0 Å². The van der Waals surface area contributed by atoms with Gasteiger partial charge in [0.25, 0.3) is 5.91 Å². The van der Waals surface area contributed by atoms with Crippen LogP contribution in [0, 0.1) is 0 Å². The number of H-pyrrole nitrogens is 1. The Morgan fingerprint density at radius 3 is 2.64 bits per heavy atom. The summed E-state index contributed by atoms with van der Waals surface area (Å²) in [5.74, 6) is 1.96. The van der Waals surface area contributed by atoms with E-state index in [-0.39, 0.29) is 12.0 Å². The maximum Gasteiger partial charge on any atom is 0.251 e. The molecule has 1 aliphatic rings. The highest BCUT2D eigenvalue weighted by atomic mass is 16.5. The fourth-order valence-electron chi connectivity index (χ4n) is 4.52. The molecule has 9 heteroatoms. The molecule has 1 fully saturated rings. The van der Waals surface area contributed by atoms with Crippen LogP contribution in [0.25, 0.3) is 22.2 Å². The van der Waals surface area contributed by atoms with Gasteiger partial charge in [0.15, 0.2) is 0 Å². The van der Waals surface area contributed by atoms with Crippen molar-refractivity contribution in [1.29, 1.82) is 0 Å². The van der Waals surface area contributed by atoms with E-state index in [1.807, 2.05) is 30.5 Å². The summed E-state index contributed by atoms with van der Waals surface area (Å²) in [5.41, 5.74) is 3.70. The van der Waals surface area contributed by atoms with Gasteiger partial charge in [-0.05, 0) is 61.6 Å². The fraction of sp³-hybridized carbons (Fsp3) is 0.296. The van der Waals surface area contributed by atoms with Crippen molar-refractivity contribution in [3.63, 3.8) is 0 Å². The van der Waals surface area contributed by atoms with Crippen LogP contribution in [0.4, 0.5) is 11.6 Å². The van der Waals surface area contributed by atoms with Crippen LogP contribution in [0.3, 0.4) is 0 Å². The highest BCUT2D eigenvalue weighted by molar-refractivity contribution is 5.98. The Balaban J connectivity index is 1.56. The number of benzene rings is 2. The summed E-state index contributed by atoms with van der Waals surface area (Å²) in [4.78, 5) is 24.8. The Morgan fingerprint density at radius 2 is 1.89 bits per heavy atom. The summed E-state index contributed by atoms with van der Waals surface area (Å²) in [6, 6.07) is 13.0. The van der Waals surface area contributed by atoms with E-state index < -0.39 is 0 Å². The molecule has 0 saturated heterocycles. The van der Waals surface area contributed by atoms with Crippen molar-refractivity contribution in [1.82, 2.24) is 20.3 Å². The third kappa shape index (κ3) is 4.64. The number of aromatic nitrogens is 3. The maximum atomic E-state index is 12.0. The van der Waals surface area contributed by atoms with E-state index >= 15 is 0 Å². The van der Waals surface area contributed by atoms with Gasteiger partial charge in [-0.2, -0.15) is 9.97 Å². The molecule has 0 bridgehead atoms. The van der Waals surface area contributed by atoms with Crippen LogP contribution in [0.5, 0.6) is 17.4 Å². The van der Waals surface area contributed by atoms with E-state index in [1.165, 1.54) is 0 Å². The Morgan fingerprint density at radius 1 is 1.06 bits per heavy atom. The van der Waals surface area contributed by atoms with Crippen molar-refractivity contribution in [2.45, 2.75) is 31.8 Å². The number of hydrogen-bond donors (Lipinski definition) is 3. The molecule has 186 valence electrons. The second-order valence-electron chi connectivity index (χ2n) is 8.65. The van der Waals surface area contributed by atoms with E-state index in [1.54, 1.807) is 39.5 Å². The van der Waals surface area contributed by atoms with Crippen LogP contribution in [0.15, 0.2) is 48.7 Å². The van der Waals surface area contributed by atoms with Gasteiger partial charge in [-0.15, -0.1) is 0 Å². The number of aromatic amines is 1. The quantitative estimate of drug-likeness (QED) is 0.318. The summed E-state index contributed by atoms with van der Waals surface area (Å²) in [5, 5.41) is 6.67. The van der Waals surface area contributed by atoms with E-state index in [0.717, 1.165) is 47.9 Å². The minimum Gasteiger partial charge on any atom is -0.497 e. The molecule has 0 spiro atoms. The molecule has 0 radical (unpaired) electrons. The molecule has 0 aliphatic heterocycles. The number of amides is 1. The van der Waals surface area contributed by atoms with Gasteiger partial charge in [0.05, 0.1) is 25.3 Å². The lowest BCUT2D eigenvalue weighted by Gasteiger charge is -2.16. The molecule has 36 heavy (non-hydrogen) atoms. The number of fused-ring (bicyclic) bond motifs is 1. The zero-order valence-corrected chi connectivity index (χ0v) is 20.6. The summed E-state index contributed by atoms with van der Waals surface area (Å²) in [7, 11) is 4.80. The van der Waals surface area contributed by atoms with Gasteiger partial charge in [0.2, 0.25) is 11.8 Å². The molecule has 2 aromatic heterocycles. The summed E-state index contributed by atoms with van der Waals surface area (Å²) in [6.07, 6.45) is 6.33. The lowest BCUT2D eigenvalue weighted by molar-refractivity contribution is 0.0962. The van der Waals surface area contributed by atoms with Gasteiger partial charge < -0.3 is 29.8 Å². The van der Waals surface area contributed by atoms with Gasteiger partial charge in [-0.25, -0.2) is 0 Å². The number of carbonyl (C=O) groups excluding carboxylic acids is 1. The first-order chi connectivity index (χ1) is 17.6. The predicted molar refractivity (Wildman–Crippen MR) is 138 cm³/mol. The summed E-state index contributed by atoms with van der Waals surface area (Å²) >= 11 is 0. The van der Waals surface area contributed by atoms with E-state index in [4.69, 9.17) is 24.2 Å². The summed E-state index contributed by atoms with van der Waals surface area (Å²) in [6.45, 7) is 0. The third-order valence-corrected chi connectivity index (χ3v) is 6.40. The van der Waals surface area contributed by atoms with Crippen molar-refractivity contribution in [2.75, 3.05) is 26.6 Å². The highest BCUT2D eigenvalue weighted by Crippen LogP contribution is 2.38. The molecular weight excluding hydrogens is 458 g/mol. The number of rotatable bonds is 8. The molecule has 2 heterocycles. The standard InChI is InChI=1S/C27H29N5O4/c1-28-25(33)17-11-12-21(22(14-17)35-3)30-27-31-24-23(26(32-27)36-18-8-4-5-9-18)20(15-29-24)16-7-6-10-19(13-16)34-2/h6-7,10-15,18H,4-5,8-9H2,1-3H3,(H,28,33)(H2,29,30,31,32). The minimum absolute atomic E-state index is 0.116. The van der Waals surface area contributed by atoms with Crippen LogP contribution in [0.2, 0.25) is 0 Å². The fourth-order valence-corrected chi connectivity index (χ4v) is 4.52. The molecule has 1 aliphatic carbocycles. The Hall–Kier alpha value is -4.27. The molecule has 4 aromatic rings. The van der Waals surface area contributed by atoms with Gasteiger partial charge >= 0.3 is 0 Å². The van der Waals surface area contributed by atoms with Crippen LogP contribution < -0.4 is 24.8 Å². The topological polar surface area (TPSA) is 110 Å². The van der Waals surface area contributed by atoms with Crippen molar-refractivity contribution >= 4 is 28.6 Å². The number of nitrogens with one attached hydrogen (secondary N) is 3. The highest BCUT2D eigenvalue weighted by Gasteiger charge is 2.23. The van der Waals surface area contributed by atoms with Gasteiger partial charge in [0, 0.05) is 24.4 Å². The lowest BCUT2D eigenvalue weighted by Crippen LogP contribution is -2.17. The minimum atomic E-state index is -0.193. The molecule has 9 nitrogen and oxygen atoms in total. The normalized spacial score (nSPS) is 13.5. The van der Waals surface area contributed by atoms with Crippen molar-refractivity contribution in [2.24, 2.45) is 0 Å². The Bertz CT molecular complexity index is 1390. The van der Waals surface area contributed by atoms with E-state index in [0.29, 0.717) is 34.5 Å². The third-order valence-electron chi connectivity index (χ3n) is 6.40. The summed E-state index contributed by atoms with van der Waals surface area (Å²) < 4.78 is 17.4. The average molecular weight is 488 g/mol. The van der Waals surface area contributed by atoms with Crippen LogP contribution in [-0.2, 0) is 0 Å². The van der Waals surface area contributed by atoms with E-state index in [2.05, 4.69) is 15.6 Å². The molecule has 3 N–H and O–H groups in total. The SMILES string of the molecule is CNC(=O)c1ccc(Nc2nc(OC3CCCC3)c3c(-c4cccc(OC)c4)c[nH]c3n2)c(OC)c1. The molecule has 1 saturated carbocycles. The molecule has 2 aromatic carbocycles. The van der Waals surface area contributed by atoms with Crippen LogP contribution in [-0.4, -0.2) is 48.2 Å². The molecule has 5 rings (SSSR count). The Labute approximate surface area is 209 Å². The largest absolute Gasteiger partial charge is 0.497 e. The lowest BCUT2D eigenvalue weighted by atomic mass is 10.1. The molecule has 0 unspecified atom stereocenters. The van der Waals surface area contributed by atoms with E-state index in [9.17, 15) is 4.79 Å². The van der Waals surface area contributed by atoms with Gasteiger partial charge in [0.1, 0.15) is 23.3 Å². The number of nitrogens with zero attached hydrogens (tertiary/aromatic N) is 2.